The summed E-state index contributed by atoms with van der Waals surface area (Å²) in [6.45, 7) is 19.5. The Hall–Kier alpha value is -5.79. The van der Waals surface area contributed by atoms with E-state index in [0.29, 0.717) is 61.0 Å². The van der Waals surface area contributed by atoms with E-state index in [4.69, 9.17) is 21.1 Å². The third kappa shape index (κ3) is 12.9. The largest absolute Gasteiger partial charge is 0.450 e. The first-order valence-electron chi connectivity index (χ1n) is 34.5. The molecule has 3 spiro atoms. The number of benzene rings is 4. The SMILES string of the molecule is CC(C)COC(=O)N1C2CCC1CC(N1CCC3(CC1)CN(S(C)(=O)=O)c1ccc(F)cc13)C2.CCOC(=O)N1CCC(N2CCC3(CC2)CN(C(C)=O)c2ccc(-c4ccccc4F)cc23)CC1.Clc1ccc2c(c1)C1(CCN(CC3CC4C=CC3C4)CC1)CN2. The van der Waals surface area contributed by atoms with Crippen molar-refractivity contribution in [3.63, 3.8) is 0 Å². The number of nitrogens with one attached hydrogen (secondary N) is 1. The van der Waals surface area contributed by atoms with Crippen LogP contribution >= 0.6 is 11.6 Å². The number of rotatable bonds is 9. The van der Waals surface area contributed by atoms with Crippen LogP contribution in [0.4, 0.5) is 35.4 Å². The number of hydrogen-bond acceptors (Lipinski definition) is 11. The summed E-state index contributed by atoms with van der Waals surface area (Å²) in [5.41, 5.74) is 7.71. The molecule has 5 atom stereocenters. The number of fused-ring (bicyclic) bond motifs is 10. The molecule has 5 unspecified atom stereocenters. The minimum atomic E-state index is -3.42. The van der Waals surface area contributed by atoms with Gasteiger partial charge in [0, 0.05) is 109 Å². The number of piperidine rings is 5. The number of ether oxygens (including phenoxy) is 2. The molecule has 4 aromatic rings. The molecule has 9 heterocycles. The van der Waals surface area contributed by atoms with E-state index in [1.165, 1.54) is 90.9 Å². The Morgan fingerprint density at radius 2 is 1.33 bits per heavy atom. The summed E-state index contributed by atoms with van der Waals surface area (Å²) in [6, 6.07) is 25.1. The average molecular weight is 1300 g/mol. The van der Waals surface area contributed by atoms with Gasteiger partial charge in [-0.1, -0.05) is 61.9 Å². The Labute approximate surface area is 549 Å². The summed E-state index contributed by atoms with van der Waals surface area (Å²) in [7, 11) is -3.42. The van der Waals surface area contributed by atoms with Gasteiger partial charge in [-0.15, -0.1) is 0 Å². The second-order valence-electron chi connectivity index (χ2n) is 29.4. The summed E-state index contributed by atoms with van der Waals surface area (Å²) >= 11 is 6.26. The Morgan fingerprint density at radius 1 is 0.674 bits per heavy atom. The number of allylic oxidation sites excluding steroid dienone is 2. The molecule has 3 amide bonds. The number of nitrogens with zero attached hydrogens (tertiary/aromatic N) is 7. The van der Waals surface area contributed by atoms with Gasteiger partial charge in [0.25, 0.3) is 0 Å². The lowest BCUT2D eigenvalue weighted by atomic mass is 9.73. The maximum atomic E-state index is 14.5. The molecule has 15 rings (SSSR count). The predicted octanol–water partition coefficient (Wildman–Crippen LogP) is 12.9. The molecule has 496 valence electrons. The Balaban J connectivity index is 0.000000129. The van der Waals surface area contributed by atoms with Crippen molar-refractivity contribution in [1.29, 1.82) is 0 Å². The fourth-order valence-electron chi connectivity index (χ4n) is 18.4. The molecule has 6 saturated heterocycles. The molecular weight excluding hydrogens is 1210 g/mol. The maximum Gasteiger partial charge on any atom is 0.410 e. The van der Waals surface area contributed by atoms with E-state index in [0.717, 1.165) is 150 Å². The number of hydrogen-bond donors (Lipinski definition) is 1. The first-order valence-corrected chi connectivity index (χ1v) is 36.7. The molecule has 19 heteroatoms. The topological polar surface area (TPSA) is 139 Å². The van der Waals surface area contributed by atoms with E-state index >= 15 is 0 Å². The second kappa shape index (κ2) is 26.4. The predicted molar refractivity (Wildman–Crippen MR) is 359 cm³/mol. The normalized spacial score (nSPS) is 26.8. The Bertz CT molecular complexity index is 3510. The number of carbonyl (C=O) groups excluding carboxylic acids is 3. The standard InChI is InChI=1S/C28H34FN3O3.C25H36FN3O4S.C20H25ClN2/c1-3-35-27(34)31-14-10-22(11-15-31)30-16-12-28(13-17-30)19-32(20(2)33)26-9-8-21(18-24(26)28)23-6-4-5-7-25(23)29;1-17(2)15-33-24(30)29-19-5-6-20(29)14-21(13-19)27-10-8-25(9-11-27)16-28(34(3,31)32)23-7-4-18(26)12-22(23)25;21-17-3-4-19-18(11-17)20(13-22-19)5-7-23(8-6-20)12-16-10-14-1-2-15(16)9-14/h4-9,18,22H,3,10-17,19H2,1-2H3;4,7,12,17,19-21H,5-6,8-11,13-16H2,1-3H3;1-4,11,14-16,22H,5-10,12-13H2. The fourth-order valence-corrected chi connectivity index (χ4v) is 19.6. The zero-order chi connectivity index (χ0) is 64.3. The molecule has 0 radical (unpaired) electrons. The Kier molecular flexibility index (Phi) is 18.6. The van der Waals surface area contributed by atoms with Crippen LogP contribution < -0.4 is 14.5 Å². The fraction of sp³-hybridized carbons (Fsp3) is 0.603. The number of amides is 3. The van der Waals surface area contributed by atoms with Gasteiger partial charge < -0.3 is 44.2 Å². The molecule has 15 nitrogen and oxygen atoms in total. The van der Waals surface area contributed by atoms with Crippen molar-refractivity contribution in [2.75, 3.05) is 113 Å². The second-order valence-corrected chi connectivity index (χ2v) is 31.7. The lowest BCUT2D eigenvalue weighted by Gasteiger charge is -2.47. The molecule has 7 fully saturated rings. The number of carbonyl (C=O) groups is 3. The number of likely N-dealkylation sites (tertiary alicyclic amines) is 4. The van der Waals surface area contributed by atoms with Crippen molar-refractivity contribution in [2.24, 2.45) is 23.7 Å². The van der Waals surface area contributed by atoms with Gasteiger partial charge in [0.2, 0.25) is 15.9 Å². The quantitative estimate of drug-likeness (QED) is 0.160. The van der Waals surface area contributed by atoms with Gasteiger partial charge in [0.05, 0.1) is 25.2 Å². The van der Waals surface area contributed by atoms with E-state index in [-0.39, 0.29) is 52.6 Å². The van der Waals surface area contributed by atoms with E-state index in [1.54, 1.807) is 19.1 Å². The first kappa shape index (κ1) is 64.9. The van der Waals surface area contributed by atoms with Gasteiger partial charge in [-0.05, 0) is 237 Å². The highest BCUT2D eigenvalue weighted by Crippen LogP contribution is 2.52. The minimum Gasteiger partial charge on any atom is -0.450 e. The van der Waals surface area contributed by atoms with Crippen molar-refractivity contribution in [2.45, 2.75) is 158 Å². The van der Waals surface area contributed by atoms with E-state index in [9.17, 15) is 31.6 Å². The van der Waals surface area contributed by atoms with Crippen molar-refractivity contribution < 1.29 is 41.1 Å². The summed E-state index contributed by atoms with van der Waals surface area (Å²) in [6.07, 6.45) is 20.6. The molecule has 11 aliphatic rings. The Morgan fingerprint density at radius 3 is 1.96 bits per heavy atom. The highest BCUT2D eigenvalue weighted by Gasteiger charge is 2.52. The van der Waals surface area contributed by atoms with Crippen molar-refractivity contribution in [3.8, 4) is 11.1 Å². The highest BCUT2D eigenvalue weighted by molar-refractivity contribution is 7.92. The zero-order valence-electron chi connectivity index (χ0n) is 54.6. The molecule has 1 N–H and O–H groups in total. The molecule has 1 saturated carbocycles. The van der Waals surface area contributed by atoms with Crippen LogP contribution in [0.2, 0.25) is 5.02 Å². The van der Waals surface area contributed by atoms with Crippen LogP contribution in [-0.4, -0.2) is 173 Å². The van der Waals surface area contributed by atoms with E-state index in [1.807, 2.05) is 65.8 Å². The van der Waals surface area contributed by atoms with Gasteiger partial charge in [0.15, 0.2) is 0 Å². The van der Waals surface area contributed by atoms with Gasteiger partial charge in [-0.25, -0.2) is 26.8 Å². The van der Waals surface area contributed by atoms with Crippen LogP contribution in [-0.2, 0) is 40.5 Å². The molecule has 4 aromatic carbocycles. The minimum absolute atomic E-state index is 0.0514. The lowest BCUT2D eigenvalue weighted by Crippen LogP contribution is -2.55. The molecule has 92 heavy (non-hydrogen) atoms. The first-order chi connectivity index (χ1) is 44.2. The summed E-state index contributed by atoms with van der Waals surface area (Å²) in [5.74, 6) is 2.53. The van der Waals surface area contributed by atoms with Gasteiger partial charge in [-0.3, -0.25) is 9.10 Å². The lowest BCUT2D eigenvalue weighted by molar-refractivity contribution is -0.116. The van der Waals surface area contributed by atoms with Crippen LogP contribution in [0, 0.1) is 35.3 Å². The number of halogens is 3. The maximum absolute atomic E-state index is 14.5. The van der Waals surface area contributed by atoms with Crippen molar-refractivity contribution >= 4 is 56.8 Å². The zero-order valence-corrected chi connectivity index (χ0v) is 56.2. The third-order valence-electron chi connectivity index (χ3n) is 23.4. The molecule has 4 bridgehead atoms. The van der Waals surface area contributed by atoms with Crippen molar-refractivity contribution in [3.05, 3.63) is 124 Å². The number of anilines is 3. The highest BCUT2D eigenvalue weighted by atomic mass is 35.5. The van der Waals surface area contributed by atoms with Crippen LogP contribution in [0.3, 0.4) is 0 Å². The van der Waals surface area contributed by atoms with Gasteiger partial charge in [0.1, 0.15) is 11.6 Å². The van der Waals surface area contributed by atoms with E-state index in [2.05, 4.69) is 50.4 Å². The smallest absolute Gasteiger partial charge is 0.410 e. The molecule has 9 aliphatic heterocycles. The van der Waals surface area contributed by atoms with Crippen LogP contribution in [0.5, 0.6) is 0 Å². The summed E-state index contributed by atoms with van der Waals surface area (Å²) in [4.78, 5) is 50.7. The average Bonchev–Trinajstić information content (AvgIpc) is 1.59. The van der Waals surface area contributed by atoms with Crippen LogP contribution in [0.1, 0.15) is 134 Å². The van der Waals surface area contributed by atoms with Gasteiger partial charge in [-0.2, -0.15) is 0 Å². The third-order valence-corrected chi connectivity index (χ3v) is 24.8. The number of sulfonamides is 1. The monoisotopic (exact) mass is 1300 g/mol. The van der Waals surface area contributed by atoms with Crippen LogP contribution in [0.25, 0.3) is 11.1 Å². The summed E-state index contributed by atoms with van der Waals surface area (Å²) < 4.78 is 65.7. The van der Waals surface area contributed by atoms with E-state index < -0.39 is 10.0 Å². The van der Waals surface area contributed by atoms with Crippen LogP contribution in [0.15, 0.2) is 91.0 Å². The van der Waals surface area contributed by atoms with Gasteiger partial charge >= 0.3 is 12.2 Å². The van der Waals surface area contributed by atoms with Crippen molar-refractivity contribution in [1.82, 2.24) is 24.5 Å². The molecular formula is C73H95ClF2N8O7S. The molecule has 0 aromatic heterocycles. The molecule has 2 aliphatic carbocycles. The summed E-state index contributed by atoms with van der Waals surface area (Å²) in [5, 5.41) is 4.49.